The Morgan fingerprint density at radius 3 is 2.79 bits per heavy atom. The molecule has 0 saturated heterocycles. The van der Waals surface area contributed by atoms with Crippen molar-refractivity contribution in [3.8, 4) is 0 Å². The molecule has 0 spiro atoms. The van der Waals surface area contributed by atoms with Gasteiger partial charge < -0.3 is 9.72 Å². The van der Waals surface area contributed by atoms with Gasteiger partial charge in [-0.1, -0.05) is 0 Å². The van der Waals surface area contributed by atoms with Gasteiger partial charge in [0.2, 0.25) is 0 Å². The molecule has 1 aliphatic heterocycles. The summed E-state index contributed by atoms with van der Waals surface area (Å²) in [6.07, 6.45) is -1.81. The summed E-state index contributed by atoms with van der Waals surface area (Å²) in [6.45, 7) is 2.23. The average molecular weight is 406 g/mol. The first-order valence-corrected chi connectivity index (χ1v) is 8.82. The van der Waals surface area contributed by atoms with Crippen LogP contribution in [0.15, 0.2) is 30.7 Å². The Labute approximate surface area is 162 Å². The Kier molecular flexibility index (Phi) is 4.32. The van der Waals surface area contributed by atoms with Crippen molar-refractivity contribution in [3.63, 3.8) is 0 Å². The molecule has 0 aromatic carbocycles. The lowest BCUT2D eigenvalue weighted by Gasteiger charge is -2.20. The number of carbonyl (C=O) groups excluding carboxylic acids is 2. The molecule has 1 aliphatic rings. The number of aryl methyl sites for hydroxylation is 2. The van der Waals surface area contributed by atoms with E-state index in [2.05, 4.69) is 15.4 Å². The van der Waals surface area contributed by atoms with Gasteiger partial charge in [-0.3, -0.25) is 14.5 Å². The highest BCUT2D eigenvalue weighted by molar-refractivity contribution is 6.04. The summed E-state index contributed by atoms with van der Waals surface area (Å²) in [6, 6.07) is 2.69. The van der Waals surface area contributed by atoms with Crippen LogP contribution < -0.4 is 10.2 Å². The lowest BCUT2D eigenvalue weighted by molar-refractivity contribution is -0.137. The molecule has 0 fully saturated rings. The summed E-state index contributed by atoms with van der Waals surface area (Å²) < 4.78 is 42.0. The first kappa shape index (κ1) is 19.0. The molecule has 1 unspecified atom stereocenters. The van der Waals surface area contributed by atoms with Crippen LogP contribution >= 0.6 is 0 Å². The van der Waals surface area contributed by atoms with E-state index in [-0.39, 0.29) is 17.1 Å². The van der Waals surface area contributed by atoms with Gasteiger partial charge in [0.15, 0.2) is 5.69 Å². The molecular formula is C18H17F3N6O2. The topological polar surface area (TPSA) is 84.5 Å². The van der Waals surface area contributed by atoms with Gasteiger partial charge in [-0.25, -0.2) is 9.67 Å². The quantitative estimate of drug-likeness (QED) is 0.706. The number of nitrogens with zero attached hydrogens (tertiary/aromatic N) is 5. The summed E-state index contributed by atoms with van der Waals surface area (Å²) >= 11 is 0. The summed E-state index contributed by atoms with van der Waals surface area (Å²) in [7, 11) is 1.58. The molecule has 0 bridgehead atoms. The molecule has 1 atom stereocenters. The predicted molar refractivity (Wildman–Crippen MR) is 96.4 cm³/mol. The van der Waals surface area contributed by atoms with Crippen LogP contribution in [-0.2, 0) is 17.5 Å². The molecule has 1 N–H and O–H groups in total. The smallest absolute Gasteiger partial charge is 0.339 e. The van der Waals surface area contributed by atoms with E-state index in [9.17, 15) is 22.8 Å². The number of likely N-dealkylation sites (N-methyl/N-ethyl adjacent to an activating group) is 1. The maximum Gasteiger partial charge on any atom is 0.416 e. The lowest BCUT2D eigenvalue weighted by atomic mass is 10.1. The normalized spacial score (nSPS) is 17.3. The highest BCUT2D eigenvalue weighted by Gasteiger charge is 2.33. The zero-order chi connectivity index (χ0) is 20.9. The van der Waals surface area contributed by atoms with Crippen molar-refractivity contribution in [1.82, 2.24) is 24.5 Å². The predicted octanol–water partition coefficient (Wildman–Crippen LogP) is 2.02. The largest absolute Gasteiger partial charge is 0.416 e. The number of carbonyl (C=O) groups is 2. The molecule has 0 saturated carbocycles. The number of nitrogens with one attached hydrogen (secondary N) is 1. The zero-order valence-corrected chi connectivity index (χ0v) is 15.6. The Bertz CT molecular complexity index is 1120. The fourth-order valence-electron chi connectivity index (χ4n) is 3.39. The standard InChI is InChI=1S/C18H17F3N6O2/c1-10-7-14-25(2)17(29)12(4-6-27(14)24-10)23-16(28)15-13-8-11(18(19,20)21)3-5-26(13)9-22-15/h3,5,7-9,12H,4,6H2,1-2H3,(H,23,28). The molecule has 4 heterocycles. The van der Waals surface area contributed by atoms with Gasteiger partial charge in [0.25, 0.3) is 11.8 Å². The van der Waals surface area contributed by atoms with E-state index in [0.717, 1.165) is 17.8 Å². The molecule has 2 amide bonds. The van der Waals surface area contributed by atoms with Gasteiger partial charge in [-0.15, -0.1) is 0 Å². The van der Waals surface area contributed by atoms with Crippen LogP contribution in [0, 0.1) is 6.92 Å². The number of aromatic nitrogens is 4. The monoisotopic (exact) mass is 406 g/mol. The van der Waals surface area contributed by atoms with Gasteiger partial charge in [0.1, 0.15) is 18.2 Å². The highest BCUT2D eigenvalue weighted by atomic mass is 19.4. The number of halogens is 3. The third-order valence-electron chi connectivity index (χ3n) is 4.87. The molecule has 3 aromatic rings. The van der Waals surface area contributed by atoms with Gasteiger partial charge >= 0.3 is 6.18 Å². The molecule has 3 aromatic heterocycles. The number of fused-ring (bicyclic) bond motifs is 2. The Hall–Kier alpha value is -3.37. The van der Waals surface area contributed by atoms with Gasteiger partial charge in [-0.05, 0) is 25.5 Å². The minimum atomic E-state index is -4.54. The number of amides is 2. The molecule has 0 radical (unpaired) electrons. The van der Waals surface area contributed by atoms with E-state index in [1.807, 2.05) is 6.92 Å². The van der Waals surface area contributed by atoms with Gasteiger partial charge in [0, 0.05) is 25.9 Å². The maximum atomic E-state index is 13.0. The Morgan fingerprint density at radius 1 is 1.31 bits per heavy atom. The van der Waals surface area contributed by atoms with Crippen LogP contribution in [0.25, 0.3) is 5.52 Å². The van der Waals surface area contributed by atoms with E-state index in [0.29, 0.717) is 18.8 Å². The summed E-state index contributed by atoms with van der Waals surface area (Å²) in [5, 5.41) is 6.92. The zero-order valence-electron chi connectivity index (χ0n) is 15.6. The Morgan fingerprint density at radius 2 is 2.07 bits per heavy atom. The number of pyridine rings is 1. The molecule has 0 aliphatic carbocycles. The van der Waals surface area contributed by atoms with E-state index < -0.39 is 23.7 Å². The van der Waals surface area contributed by atoms with Gasteiger partial charge in [0.05, 0.1) is 16.8 Å². The fourth-order valence-corrected chi connectivity index (χ4v) is 3.39. The van der Waals surface area contributed by atoms with Crippen LogP contribution in [-0.4, -0.2) is 44.1 Å². The molecular weight excluding hydrogens is 389 g/mol. The average Bonchev–Trinajstić information content (AvgIpc) is 3.23. The van der Waals surface area contributed by atoms with E-state index in [1.165, 1.54) is 21.8 Å². The first-order chi connectivity index (χ1) is 13.6. The number of alkyl halides is 3. The second kappa shape index (κ2) is 6.61. The Balaban J connectivity index is 1.60. The van der Waals surface area contributed by atoms with Crippen LogP contribution in [0.3, 0.4) is 0 Å². The van der Waals surface area contributed by atoms with Crippen LogP contribution in [0.2, 0.25) is 0 Å². The second-order valence-corrected chi connectivity index (χ2v) is 6.88. The van der Waals surface area contributed by atoms with Crippen LogP contribution in [0.5, 0.6) is 0 Å². The van der Waals surface area contributed by atoms with Crippen molar-refractivity contribution < 1.29 is 22.8 Å². The maximum absolute atomic E-state index is 13.0. The second-order valence-electron chi connectivity index (χ2n) is 6.88. The third-order valence-corrected chi connectivity index (χ3v) is 4.87. The minimum absolute atomic E-state index is 0.00954. The van der Waals surface area contributed by atoms with E-state index in [4.69, 9.17) is 0 Å². The number of hydrogen-bond donors (Lipinski definition) is 1. The van der Waals surface area contributed by atoms with E-state index >= 15 is 0 Å². The minimum Gasteiger partial charge on any atom is -0.339 e. The van der Waals surface area contributed by atoms with Crippen molar-refractivity contribution in [2.45, 2.75) is 32.1 Å². The summed E-state index contributed by atoms with van der Waals surface area (Å²) in [4.78, 5) is 30.8. The molecule has 152 valence electrons. The van der Waals surface area contributed by atoms with Crippen molar-refractivity contribution >= 4 is 23.1 Å². The molecule has 11 heteroatoms. The molecule has 4 rings (SSSR count). The number of hydrogen-bond acceptors (Lipinski definition) is 4. The number of rotatable bonds is 2. The van der Waals surface area contributed by atoms with Crippen molar-refractivity contribution in [2.24, 2.45) is 0 Å². The van der Waals surface area contributed by atoms with Crippen molar-refractivity contribution in [1.29, 1.82) is 0 Å². The van der Waals surface area contributed by atoms with Gasteiger partial charge in [-0.2, -0.15) is 18.3 Å². The van der Waals surface area contributed by atoms with Crippen molar-refractivity contribution in [3.05, 3.63) is 47.7 Å². The lowest BCUT2D eigenvalue weighted by Crippen LogP contribution is -2.46. The highest BCUT2D eigenvalue weighted by Crippen LogP contribution is 2.30. The van der Waals surface area contributed by atoms with Crippen LogP contribution in [0.1, 0.15) is 28.2 Å². The van der Waals surface area contributed by atoms with E-state index in [1.54, 1.807) is 17.8 Å². The fraction of sp³-hybridized carbons (Fsp3) is 0.333. The summed E-state index contributed by atoms with van der Waals surface area (Å²) in [5.74, 6) is -0.433. The third kappa shape index (κ3) is 3.32. The SMILES string of the molecule is Cc1cc2n(n1)CCC(NC(=O)c1ncn3ccc(C(F)(F)F)cc13)C(=O)N2C. The summed E-state index contributed by atoms with van der Waals surface area (Å²) in [5.41, 5.74) is -0.280. The van der Waals surface area contributed by atoms with Crippen molar-refractivity contribution in [2.75, 3.05) is 11.9 Å². The van der Waals surface area contributed by atoms with Crippen LogP contribution in [0.4, 0.5) is 19.0 Å². The first-order valence-electron chi connectivity index (χ1n) is 8.82. The number of anilines is 1. The molecule has 8 nitrogen and oxygen atoms in total. The molecule has 29 heavy (non-hydrogen) atoms. The number of imidazole rings is 1.